The fraction of sp³-hybridized carbons (Fsp3) is 0.448. The van der Waals surface area contributed by atoms with E-state index in [-0.39, 0.29) is 31.1 Å². The first-order valence-corrected chi connectivity index (χ1v) is 13.7. The normalized spacial score (nSPS) is 24.8. The molecule has 5 rings (SSSR count). The Labute approximate surface area is 221 Å². The molecule has 0 saturated heterocycles. The summed E-state index contributed by atoms with van der Waals surface area (Å²) in [5.41, 5.74) is 2.54. The van der Waals surface area contributed by atoms with Gasteiger partial charge in [0, 0.05) is 25.0 Å². The van der Waals surface area contributed by atoms with E-state index in [2.05, 4.69) is 0 Å². The van der Waals surface area contributed by atoms with Crippen molar-refractivity contribution >= 4 is 23.2 Å². The van der Waals surface area contributed by atoms with Gasteiger partial charge in [0.25, 0.3) is 5.91 Å². The first kappa shape index (κ1) is 25.9. The van der Waals surface area contributed by atoms with Crippen molar-refractivity contribution in [2.45, 2.75) is 69.2 Å². The van der Waals surface area contributed by atoms with Crippen LogP contribution in [0.1, 0.15) is 48.6 Å². The quantitative estimate of drug-likeness (QED) is 0.503. The summed E-state index contributed by atoms with van der Waals surface area (Å²) >= 11 is 1.61. The average Bonchev–Trinajstić information content (AvgIpc) is 3.64. The van der Waals surface area contributed by atoms with E-state index < -0.39 is 24.2 Å². The molecule has 7 nitrogen and oxygen atoms in total. The van der Waals surface area contributed by atoms with Crippen molar-refractivity contribution in [3.8, 4) is 0 Å². The molecule has 1 fully saturated rings. The summed E-state index contributed by atoms with van der Waals surface area (Å²) in [5, 5.41) is 12.2. The highest BCUT2D eigenvalue weighted by Gasteiger charge is 2.43. The summed E-state index contributed by atoms with van der Waals surface area (Å²) in [7, 11) is 1.63. The van der Waals surface area contributed by atoms with Gasteiger partial charge in [-0.15, -0.1) is 11.3 Å². The van der Waals surface area contributed by atoms with Crippen LogP contribution in [0, 0.1) is 0 Å². The maximum atomic E-state index is 14.0. The van der Waals surface area contributed by atoms with Crippen LogP contribution < -0.4 is 0 Å². The summed E-state index contributed by atoms with van der Waals surface area (Å²) in [4.78, 5) is 29.1. The van der Waals surface area contributed by atoms with Gasteiger partial charge in [0.15, 0.2) is 6.10 Å². The van der Waals surface area contributed by atoms with E-state index in [0.29, 0.717) is 6.61 Å². The third-order valence-electron chi connectivity index (χ3n) is 7.45. The minimum absolute atomic E-state index is 0.00377. The molecule has 1 amide bonds. The van der Waals surface area contributed by atoms with E-state index in [0.717, 1.165) is 47.3 Å². The van der Waals surface area contributed by atoms with Crippen LogP contribution in [0.15, 0.2) is 71.1 Å². The Morgan fingerprint density at radius 3 is 2.59 bits per heavy atom. The number of ether oxygens (including phenoxy) is 3. The molecule has 4 atom stereocenters. The van der Waals surface area contributed by atoms with Crippen molar-refractivity contribution in [1.82, 2.24) is 4.90 Å². The van der Waals surface area contributed by atoms with Crippen molar-refractivity contribution in [2.24, 2.45) is 0 Å². The zero-order valence-electron chi connectivity index (χ0n) is 21.0. The minimum atomic E-state index is -1.03. The number of carbonyl (C=O) groups excluding carboxylic acids is 1. The molecule has 1 aromatic heterocycles. The monoisotopic (exact) mass is 523 g/mol. The molecule has 196 valence electrons. The number of carbonyl (C=O) groups is 2. The number of carboxylic acids is 1. The van der Waals surface area contributed by atoms with Gasteiger partial charge >= 0.3 is 5.97 Å². The number of carboxylic acid groups (broad SMARTS) is 1. The first-order valence-electron chi connectivity index (χ1n) is 12.9. The van der Waals surface area contributed by atoms with Gasteiger partial charge in [0.05, 0.1) is 12.7 Å². The molecule has 37 heavy (non-hydrogen) atoms. The number of nitrogens with zero attached hydrogens (tertiary/aromatic N) is 1. The Bertz CT molecular complexity index is 1140. The molecule has 1 N–H and O–H groups in total. The smallest absolute Gasteiger partial charge is 0.326 e. The molecule has 0 radical (unpaired) electrons. The third-order valence-corrected chi connectivity index (χ3v) is 8.30. The summed E-state index contributed by atoms with van der Waals surface area (Å²) in [6.07, 6.45) is 6.49. The molecule has 3 aliphatic rings. The molecule has 2 aromatic rings. The Morgan fingerprint density at radius 1 is 1.14 bits per heavy atom. The molecule has 8 heteroatoms. The van der Waals surface area contributed by atoms with Crippen LogP contribution in [-0.4, -0.2) is 59.9 Å². The molecular weight excluding hydrogens is 490 g/mol. The molecule has 0 spiro atoms. The first-order chi connectivity index (χ1) is 18.0. The van der Waals surface area contributed by atoms with Crippen LogP contribution in [0.4, 0.5) is 0 Å². The molecule has 1 aromatic carbocycles. The molecular formula is C29H33NO6S. The van der Waals surface area contributed by atoms with E-state index in [1.54, 1.807) is 18.4 Å². The SMILES string of the molecule is COC1C=CC2=C(C[C@H](C(=O)O)N(C(=O)[C@@H](OC3CCCC3)c3ccccc3)C2)C1OCc1cccs1. The predicted octanol–water partition coefficient (Wildman–Crippen LogP) is 4.90. The standard InChI is InChI=1S/C29H33NO6S/c1-34-25-14-13-20-17-30(24(29(32)33)16-23(20)27(25)35-18-22-12-7-15-37-22)28(31)26(19-8-3-2-4-9-19)36-21-10-5-6-11-21/h2-4,7-9,12-15,21,24-27H,5-6,10-11,16-18H2,1H3,(H,32,33)/t24-,25?,26+,27?/m1/s1. The molecule has 2 unspecified atom stereocenters. The second kappa shape index (κ2) is 11.7. The van der Waals surface area contributed by atoms with Gasteiger partial charge in [-0.25, -0.2) is 4.79 Å². The number of amides is 1. The Morgan fingerprint density at radius 2 is 1.92 bits per heavy atom. The lowest BCUT2D eigenvalue weighted by atomic mass is 9.84. The van der Waals surface area contributed by atoms with Crippen LogP contribution in [0.25, 0.3) is 0 Å². The third kappa shape index (κ3) is 5.72. The number of hydrogen-bond acceptors (Lipinski definition) is 6. The highest BCUT2D eigenvalue weighted by Crippen LogP contribution is 2.37. The van der Waals surface area contributed by atoms with Crippen LogP contribution in [0.5, 0.6) is 0 Å². The Balaban J connectivity index is 1.42. The van der Waals surface area contributed by atoms with Gasteiger partial charge in [0.1, 0.15) is 18.2 Å². The molecule has 2 heterocycles. The highest BCUT2D eigenvalue weighted by atomic mass is 32.1. The van der Waals surface area contributed by atoms with Gasteiger partial charge in [-0.1, -0.05) is 61.4 Å². The van der Waals surface area contributed by atoms with Crippen LogP contribution >= 0.6 is 11.3 Å². The van der Waals surface area contributed by atoms with E-state index in [1.807, 2.05) is 60.0 Å². The fourth-order valence-electron chi connectivity index (χ4n) is 5.50. The Kier molecular flexibility index (Phi) is 8.20. The van der Waals surface area contributed by atoms with Crippen molar-refractivity contribution in [3.63, 3.8) is 0 Å². The second-order valence-corrected chi connectivity index (χ2v) is 10.8. The average molecular weight is 524 g/mol. The van der Waals surface area contributed by atoms with Crippen molar-refractivity contribution < 1.29 is 28.9 Å². The van der Waals surface area contributed by atoms with Gasteiger partial charge in [-0.3, -0.25) is 4.79 Å². The van der Waals surface area contributed by atoms with Crippen LogP contribution in [-0.2, 0) is 30.4 Å². The lowest BCUT2D eigenvalue weighted by molar-refractivity contribution is -0.159. The fourth-order valence-corrected chi connectivity index (χ4v) is 6.13. The predicted molar refractivity (Wildman–Crippen MR) is 140 cm³/mol. The van der Waals surface area contributed by atoms with E-state index in [9.17, 15) is 14.7 Å². The molecule has 0 bridgehead atoms. The summed E-state index contributed by atoms with van der Waals surface area (Å²) in [6.45, 7) is 0.604. The van der Waals surface area contributed by atoms with Gasteiger partial charge < -0.3 is 24.2 Å². The van der Waals surface area contributed by atoms with Crippen molar-refractivity contribution in [2.75, 3.05) is 13.7 Å². The number of thiophene rings is 1. The summed E-state index contributed by atoms with van der Waals surface area (Å²) in [6, 6.07) is 12.4. The summed E-state index contributed by atoms with van der Waals surface area (Å²) in [5.74, 6) is -1.34. The summed E-state index contributed by atoms with van der Waals surface area (Å²) < 4.78 is 18.3. The van der Waals surface area contributed by atoms with E-state index >= 15 is 0 Å². The van der Waals surface area contributed by atoms with Crippen LogP contribution in [0.2, 0.25) is 0 Å². The number of aliphatic carboxylic acids is 1. The Hall–Kier alpha value is -2.78. The van der Waals surface area contributed by atoms with Gasteiger partial charge in [-0.05, 0) is 41.0 Å². The van der Waals surface area contributed by atoms with Crippen molar-refractivity contribution in [1.29, 1.82) is 0 Å². The molecule has 2 aliphatic carbocycles. The lowest BCUT2D eigenvalue weighted by Crippen LogP contribution is -2.53. The number of benzene rings is 1. The van der Waals surface area contributed by atoms with E-state index in [4.69, 9.17) is 14.2 Å². The maximum Gasteiger partial charge on any atom is 0.326 e. The van der Waals surface area contributed by atoms with Crippen LogP contribution in [0.3, 0.4) is 0 Å². The van der Waals surface area contributed by atoms with Gasteiger partial charge in [0.2, 0.25) is 0 Å². The minimum Gasteiger partial charge on any atom is -0.480 e. The number of methoxy groups -OCH3 is 1. The number of hydrogen-bond donors (Lipinski definition) is 1. The zero-order valence-corrected chi connectivity index (χ0v) is 21.8. The molecule has 1 saturated carbocycles. The molecule has 1 aliphatic heterocycles. The largest absolute Gasteiger partial charge is 0.480 e. The van der Waals surface area contributed by atoms with E-state index in [1.165, 1.54) is 4.90 Å². The second-order valence-electron chi connectivity index (χ2n) is 9.78. The van der Waals surface area contributed by atoms with Crippen molar-refractivity contribution in [3.05, 3.63) is 81.6 Å². The zero-order chi connectivity index (χ0) is 25.8. The highest BCUT2D eigenvalue weighted by molar-refractivity contribution is 7.09. The lowest BCUT2D eigenvalue weighted by Gasteiger charge is -2.41. The maximum absolute atomic E-state index is 14.0. The topological polar surface area (TPSA) is 85.3 Å². The van der Waals surface area contributed by atoms with Gasteiger partial charge in [-0.2, -0.15) is 0 Å². The number of rotatable bonds is 9.